The molecule has 3 amide bonds. The molecule has 2 aliphatic rings. The molecule has 2 heterocycles. The van der Waals surface area contributed by atoms with Crippen molar-refractivity contribution >= 4 is 22.0 Å². The van der Waals surface area contributed by atoms with Crippen LogP contribution in [0.3, 0.4) is 0 Å². The average molecular weight is 430 g/mol. The first-order chi connectivity index (χ1) is 14.4. The van der Waals surface area contributed by atoms with Gasteiger partial charge in [0.05, 0.1) is 23.7 Å². The van der Waals surface area contributed by atoms with Gasteiger partial charge in [0.25, 0.3) is 0 Å². The average Bonchev–Trinajstić information content (AvgIpc) is 3.50. The number of rotatable bonds is 9. The second kappa shape index (κ2) is 8.41. The molecule has 2 fully saturated rings. The molecule has 30 heavy (non-hydrogen) atoms. The Labute approximate surface area is 174 Å². The van der Waals surface area contributed by atoms with Gasteiger partial charge in [-0.05, 0) is 42.5 Å². The SMILES string of the molecule is O=C1CN(Cc2ccc(CNS(=O)(=O)c3cccc(OCC4CC4)c3)cn2)C(=O)N1. The summed E-state index contributed by atoms with van der Waals surface area (Å²) >= 11 is 0. The van der Waals surface area contributed by atoms with Crippen LogP contribution in [0.4, 0.5) is 4.79 Å². The van der Waals surface area contributed by atoms with Crippen LogP contribution in [-0.4, -0.2) is 43.4 Å². The molecule has 1 aliphatic carbocycles. The van der Waals surface area contributed by atoms with Crippen LogP contribution in [0.25, 0.3) is 0 Å². The van der Waals surface area contributed by atoms with Crippen molar-refractivity contribution in [2.45, 2.75) is 30.8 Å². The van der Waals surface area contributed by atoms with Crippen LogP contribution < -0.4 is 14.8 Å². The van der Waals surface area contributed by atoms with E-state index in [1.807, 2.05) is 0 Å². The van der Waals surface area contributed by atoms with E-state index >= 15 is 0 Å². The number of imide groups is 1. The molecule has 0 radical (unpaired) electrons. The highest BCUT2D eigenvalue weighted by Crippen LogP contribution is 2.30. The number of amides is 3. The van der Waals surface area contributed by atoms with Gasteiger partial charge in [-0.1, -0.05) is 12.1 Å². The van der Waals surface area contributed by atoms with E-state index in [0.29, 0.717) is 29.5 Å². The normalized spacial score (nSPS) is 16.6. The molecule has 1 aromatic heterocycles. The maximum Gasteiger partial charge on any atom is 0.324 e. The number of carbonyl (C=O) groups excluding carboxylic acids is 2. The van der Waals surface area contributed by atoms with E-state index in [-0.39, 0.29) is 30.4 Å². The highest BCUT2D eigenvalue weighted by Gasteiger charge is 2.26. The van der Waals surface area contributed by atoms with Crippen molar-refractivity contribution in [2.24, 2.45) is 5.92 Å². The summed E-state index contributed by atoms with van der Waals surface area (Å²) in [5, 5.41) is 2.21. The summed E-state index contributed by atoms with van der Waals surface area (Å²) in [5.41, 5.74) is 1.28. The number of hydrogen-bond donors (Lipinski definition) is 2. The van der Waals surface area contributed by atoms with E-state index in [1.54, 1.807) is 30.5 Å². The lowest BCUT2D eigenvalue weighted by Crippen LogP contribution is -2.28. The Kier molecular flexibility index (Phi) is 5.69. The number of benzene rings is 1. The third-order valence-corrected chi connectivity index (χ3v) is 6.27. The number of nitrogens with one attached hydrogen (secondary N) is 2. The minimum absolute atomic E-state index is 0.00545. The van der Waals surface area contributed by atoms with Gasteiger partial charge in [-0.2, -0.15) is 0 Å². The lowest BCUT2D eigenvalue weighted by Gasteiger charge is -2.13. The number of aromatic nitrogens is 1. The number of nitrogens with zero attached hydrogens (tertiary/aromatic N) is 2. The Balaban J connectivity index is 1.33. The van der Waals surface area contributed by atoms with Gasteiger partial charge in [-0.15, -0.1) is 0 Å². The molecular formula is C20H22N4O5S. The molecule has 1 saturated heterocycles. The number of hydrogen-bond acceptors (Lipinski definition) is 6. The fourth-order valence-electron chi connectivity index (χ4n) is 2.95. The zero-order chi connectivity index (χ0) is 21.1. The first-order valence-electron chi connectivity index (χ1n) is 9.64. The van der Waals surface area contributed by atoms with Crippen LogP contribution in [0.5, 0.6) is 5.75 Å². The van der Waals surface area contributed by atoms with Crippen LogP contribution in [0.2, 0.25) is 0 Å². The summed E-state index contributed by atoms with van der Waals surface area (Å²) in [5.74, 6) is 0.785. The minimum Gasteiger partial charge on any atom is -0.493 e. The fourth-order valence-corrected chi connectivity index (χ4v) is 4.00. The van der Waals surface area contributed by atoms with Gasteiger partial charge in [0, 0.05) is 18.8 Å². The van der Waals surface area contributed by atoms with Gasteiger partial charge < -0.3 is 9.64 Å². The van der Waals surface area contributed by atoms with Gasteiger partial charge >= 0.3 is 6.03 Å². The Morgan fingerprint density at radius 3 is 2.70 bits per heavy atom. The number of urea groups is 1. The molecule has 1 aliphatic heterocycles. The summed E-state index contributed by atoms with van der Waals surface area (Å²) < 4.78 is 33.4. The monoisotopic (exact) mass is 430 g/mol. The molecule has 9 nitrogen and oxygen atoms in total. The standard InChI is InChI=1S/C20H22N4O5S/c25-19-12-24(20(26)23-19)11-16-7-6-15(9-21-16)10-22-30(27,28)18-3-1-2-17(8-18)29-13-14-4-5-14/h1-3,6-9,14,22H,4-5,10-13H2,(H,23,25,26). The lowest BCUT2D eigenvalue weighted by atomic mass is 10.2. The summed E-state index contributed by atoms with van der Waals surface area (Å²) in [6.07, 6.45) is 3.87. The van der Waals surface area contributed by atoms with Crippen molar-refractivity contribution in [3.05, 3.63) is 53.9 Å². The molecule has 2 N–H and O–H groups in total. The van der Waals surface area contributed by atoms with E-state index in [4.69, 9.17) is 4.74 Å². The quantitative estimate of drug-likeness (QED) is 0.581. The first-order valence-corrected chi connectivity index (χ1v) is 11.1. The number of ether oxygens (including phenoxy) is 1. The zero-order valence-electron chi connectivity index (χ0n) is 16.2. The van der Waals surface area contributed by atoms with E-state index in [9.17, 15) is 18.0 Å². The molecule has 2 aromatic rings. The molecule has 10 heteroatoms. The molecule has 0 spiro atoms. The predicted molar refractivity (Wildman–Crippen MR) is 107 cm³/mol. The van der Waals surface area contributed by atoms with Gasteiger partial charge in [-0.3, -0.25) is 15.1 Å². The van der Waals surface area contributed by atoms with Gasteiger partial charge in [0.15, 0.2) is 0 Å². The van der Waals surface area contributed by atoms with Crippen molar-refractivity contribution < 1.29 is 22.7 Å². The van der Waals surface area contributed by atoms with Gasteiger partial charge in [-0.25, -0.2) is 17.9 Å². The highest BCUT2D eigenvalue weighted by molar-refractivity contribution is 7.89. The number of carbonyl (C=O) groups is 2. The van der Waals surface area contributed by atoms with Crippen molar-refractivity contribution in [3.8, 4) is 5.75 Å². The molecule has 158 valence electrons. The third-order valence-electron chi connectivity index (χ3n) is 4.87. The Morgan fingerprint density at radius 1 is 1.20 bits per heavy atom. The Hall–Kier alpha value is -2.98. The van der Waals surface area contributed by atoms with Crippen molar-refractivity contribution in [3.63, 3.8) is 0 Å². The summed E-state index contributed by atoms with van der Waals surface area (Å²) in [6, 6.07) is 9.44. The molecule has 1 aromatic carbocycles. The maximum atomic E-state index is 12.6. The van der Waals surface area contributed by atoms with E-state index < -0.39 is 16.1 Å². The summed E-state index contributed by atoms with van der Waals surface area (Å²) in [6.45, 7) is 0.899. The van der Waals surface area contributed by atoms with Gasteiger partial charge in [0.1, 0.15) is 12.3 Å². The summed E-state index contributed by atoms with van der Waals surface area (Å²) in [4.78, 5) is 28.6. The Morgan fingerprint density at radius 2 is 2.03 bits per heavy atom. The second-order valence-electron chi connectivity index (χ2n) is 7.42. The lowest BCUT2D eigenvalue weighted by molar-refractivity contribution is -0.118. The molecule has 1 saturated carbocycles. The van der Waals surface area contributed by atoms with E-state index in [0.717, 1.165) is 12.8 Å². The molecule has 0 unspecified atom stereocenters. The fraction of sp³-hybridized carbons (Fsp3) is 0.350. The molecular weight excluding hydrogens is 408 g/mol. The number of sulfonamides is 1. The highest BCUT2D eigenvalue weighted by atomic mass is 32.2. The van der Waals surface area contributed by atoms with Crippen LogP contribution in [0, 0.1) is 5.92 Å². The molecule has 0 bridgehead atoms. The van der Waals surface area contributed by atoms with Crippen LogP contribution in [-0.2, 0) is 27.9 Å². The third kappa shape index (κ3) is 5.14. The van der Waals surface area contributed by atoms with E-state index in [1.165, 1.54) is 17.0 Å². The van der Waals surface area contributed by atoms with Crippen LogP contribution in [0.15, 0.2) is 47.5 Å². The topological polar surface area (TPSA) is 118 Å². The predicted octanol–water partition coefficient (Wildman–Crippen LogP) is 1.40. The van der Waals surface area contributed by atoms with E-state index in [2.05, 4.69) is 15.0 Å². The molecule has 4 rings (SSSR count). The van der Waals surface area contributed by atoms with Crippen molar-refractivity contribution in [2.75, 3.05) is 13.2 Å². The number of pyridine rings is 1. The first kappa shape index (κ1) is 20.3. The zero-order valence-corrected chi connectivity index (χ0v) is 17.0. The summed E-state index contributed by atoms with van der Waals surface area (Å²) in [7, 11) is -3.70. The second-order valence-corrected chi connectivity index (χ2v) is 9.19. The van der Waals surface area contributed by atoms with Crippen LogP contribution in [0.1, 0.15) is 24.1 Å². The van der Waals surface area contributed by atoms with Crippen molar-refractivity contribution in [1.82, 2.24) is 19.9 Å². The van der Waals surface area contributed by atoms with Gasteiger partial charge in [0.2, 0.25) is 15.9 Å². The van der Waals surface area contributed by atoms with Crippen molar-refractivity contribution in [1.29, 1.82) is 0 Å². The maximum absolute atomic E-state index is 12.6. The Bertz CT molecular complexity index is 1050. The largest absolute Gasteiger partial charge is 0.493 e. The smallest absolute Gasteiger partial charge is 0.324 e. The molecule has 0 atom stereocenters. The van der Waals surface area contributed by atoms with Crippen LogP contribution >= 0.6 is 0 Å². The minimum atomic E-state index is -3.70.